The molecule has 2 aromatic rings. The van der Waals surface area contributed by atoms with Crippen molar-refractivity contribution in [3.8, 4) is 0 Å². The van der Waals surface area contributed by atoms with Crippen LogP contribution in [-0.2, 0) is 13.0 Å². The first-order valence-electron chi connectivity index (χ1n) is 5.48. The highest BCUT2D eigenvalue weighted by molar-refractivity contribution is 7.07. The fraction of sp³-hybridized carbons (Fsp3) is 0.308. The Labute approximate surface area is 100 Å². The minimum absolute atomic E-state index is 0.936. The van der Waals surface area contributed by atoms with E-state index in [1.807, 2.05) is 5.51 Å². The van der Waals surface area contributed by atoms with Crippen LogP contribution in [0, 0.1) is 6.92 Å². The van der Waals surface area contributed by atoms with Crippen LogP contribution < -0.4 is 5.32 Å². The van der Waals surface area contributed by atoms with E-state index in [-0.39, 0.29) is 0 Å². The highest BCUT2D eigenvalue weighted by Gasteiger charge is 1.95. The van der Waals surface area contributed by atoms with E-state index in [9.17, 15) is 0 Å². The first-order valence-corrected chi connectivity index (χ1v) is 6.42. The third-order valence-electron chi connectivity index (χ3n) is 2.45. The first-order chi connectivity index (χ1) is 7.84. The van der Waals surface area contributed by atoms with Gasteiger partial charge in [-0.2, -0.15) is 0 Å². The Balaban J connectivity index is 1.72. The third kappa shape index (κ3) is 3.43. The molecule has 0 saturated carbocycles. The molecule has 0 unspecified atom stereocenters. The molecular formula is C13H16N2S. The zero-order valence-corrected chi connectivity index (χ0v) is 10.3. The third-order valence-corrected chi connectivity index (χ3v) is 3.09. The lowest BCUT2D eigenvalue weighted by Gasteiger charge is -2.04. The summed E-state index contributed by atoms with van der Waals surface area (Å²) >= 11 is 1.66. The van der Waals surface area contributed by atoms with Crippen LogP contribution in [0.25, 0.3) is 0 Å². The molecule has 2 rings (SSSR count). The summed E-state index contributed by atoms with van der Waals surface area (Å²) in [6, 6.07) is 8.60. The van der Waals surface area contributed by atoms with Gasteiger partial charge in [-0.1, -0.05) is 29.8 Å². The molecule has 0 aliphatic rings. The van der Waals surface area contributed by atoms with Gasteiger partial charge < -0.3 is 5.32 Å². The maximum Gasteiger partial charge on any atom is 0.0794 e. The summed E-state index contributed by atoms with van der Waals surface area (Å²) in [6.07, 6.45) is 1.01. The molecule has 0 bridgehead atoms. The average molecular weight is 232 g/mol. The SMILES string of the molecule is Cc1cccc(CNCCc2cscn2)c1. The van der Waals surface area contributed by atoms with Crippen LogP contribution in [0.1, 0.15) is 16.8 Å². The molecule has 0 atom stereocenters. The molecule has 1 heterocycles. The van der Waals surface area contributed by atoms with Crippen LogP contribution in [-0.4, -0.2) is 11.5 Å². The van der Waals surface area contributed by atoms with Crippen molar-refractivity contribution in [2.75, 3.05) is 6.54 Å². The molecule has 2 nitrogen and oxygen atoms in total. The van der Waals surface area contributed by atoms with Crippen LogP contribution in [0.2, 0.25) is 0 Å². The Morgan fingerprint density at radius 3 is 3.06 bits per heavy atom. The molecule has 0 spiro atoms. The van der Waals surface area contributed by atoms with Gasteiger partial charge in [0.05, 0.1) is 11.2 Å². The topological polar surface area (TPSA) is 24.9 Å². The molecule has 0 amide bonds. The molecule has 0 fully saturated rings. The maximum atomic E-state index is 4.25. The summed E-state index contributed by atoms with van der Waals surface area (Å²) in [6.45, 7) is 4.04. The summed E-state index contributed by atoms with van der Waals surface area (Å²) in [5.74, 6) is 0. The van der Waals surface area contributed by atoms with Gasteiger partial charge in [-0.25, -0.2) is 4.98 Å². The van der Waals surface area contributed by atoms with Gasteiger partial charge in [0.2, 0.25) is 0 Å². The molecule has 3 heteroatoms. The van der Waals surface area contributed by atoms with Gasteiger partial charge in [0.25, 0.3) is 0 Å². The summed E-state index contributed by atoms with van der Waals surface area (Å²) in [5, 5.41) is 5.54. The first kappa shape index (κ1) is 11.3. The fourth-order valence-electron chi connectivity index (χ4n) is 1.63. The summed E-state index contributed by atoms with van der Waals surface area (Å²) in [4.78, 5) is 4.25. The van der Waals surface area contributed by atoms with Gasteiger partial charge >= 0.3 is 0 Å². The maximum absolute atomic E-state index is 4.25. The lowest BCUT2D eigenvalue weighted by atomic mass is 10.1. The van der Waals surface area contributed by atoms with E-state index in [0.717, 1.165) is 19.5 Å². The van der Waals surface area contributed by atoms with E-state index in [2.05, 4.69) is 46.9 Å². The van der Waals surface area contributed by atoms with Crippen molar-refractivity contribution in [3.05, 3.63) is 52.0 Å². The van der Waals surface area contributed by atoms with Crippen molar-refractivity contribution >= 4 is 11.3 Å². The summed E-state index contributed by atoms with van der Waals surface area (Å²) in [5.41, 5.74) is 5.73. The number of nitrogens with one attached hydrogen (secondary N) is 1. The van der Waals surface area contributed by atoms with Crippen LogP contribution in [0.3, 0.4) is 0 Å². The molecule has 1 aromatic heterocycles. The summed E-state index contributed by atoms with van der Waals surface area (Å²) < 4.78 is 0. The Kier molecular flexibility index (Phi) is 4.08. The van der Waals surface area contributed by atoms with Crippen molar-refractivity contribution in [3.63, 3.8) is 0 Å². The van der Waals surface area contributed by atoms with E-state index >= 15 is 0 Å². The lowest BCUT2D eigenvalue weighted by Crippen LogP contribution is -2.16. The summed E-state index contributed by atoms with van der Waals surface area (Å²) in [7, 11) is 0. The van der Waals surface area contributed by atoms with Gasteiger partial charge in [-0.3, -0.25) is 0 Å². The van der Waals surface area contributed by atoms with E-state index < -0.39 is 0 Å². The number of hydrogen-bond donors (Lipinski definition) is 1. The zero-order chi connectivity index (χ0) is 11.2. The second kappa shape index (κ2) is 5.77. The zero-order valence-electron chi connectivity index (χ0n) is 9.44. The number of aromatic nitrogens is 1. The Hall–Kier alpha value is -1.19. The monoisotopic (exact) mass is 232 g/mol. The largest absolute Gasteiger partial charge is 0.312 e. The number of hydrogen-bond acceptors (Lipinski definition) is 3. The number of thiazole rings is 1. The average Bonchev–Trinajstić information content (AvgIpc) is 2.77. The quantitative estimate of drug-likeness (QED) is 0.802. The molecule has 1 aromatic carbocycles. The van der Waals surface area contributed by atoms with Crippen LogP contribution in [0.5, 0.6) is 0 Å². The van der Waals surface area contributed by atoms with E-state index in [0.29, 0.717) is 0 Å². The molecule has 0 aliphatic carbocycles. The van der Waals surface area contributed by atoms with Crippen molar-refractivity contribution in [2.24, 2.45) is 0 Å². The van der Waals surface area contributed by atoms with Crippen molar-refractivity contribution in [1.82, 2.24) is 10.3 Å². The lowest BCUT2D eigenvalue weighted by molar-refractivity contribution is 0.681. The van der Waals surface area contributed by atoms with Gasteiger partial charge in [-0.15, -0.1) is 11.3 Å². The van der Waals surface area contributed by atoms with Crippen molar-refractivity contribution in [1.29, 1.82) is 0 Å². The van der Waals surface area contributed by atoms with E-state index in [1.165, 1.54) is 16.8 Å². The molecular weight excluding hydrogens is 216 g/mol. The fourth-order valence-corrected chi connectivity index (χ4v) is 2.23. The van der Waals surface area contributed by atoms with Gasteiger partial charge in [-0.05, 0) is 12.5 Å². The smallest absolute Gasteiger partial charge is 0.0794 e. The number of nitrogens with zero attached hydrogens (tertiary/aromatic N) is 1. The molecule has 0 aliphatic heterocycles. The van der Waals surface area contributed by atoms with Crippen LogP contribution in [0.4, 0.5) is 0 Å². The molecule has 0 radical (unpaired) electrons. The highest BCUT2D eigenvalue weighted by Crippen LogP contribution is 2.04. The molecule has 84 valence electrons. The number of aryl methyl sites for hydroxylation is 1. The Morgan fingerprint density at radius 2 is 2.31 bits per heavy atom. The predicted octanol–water partition coefficient (Wildman–Crippen LogP) is 2.78. The molecule has 1 N–H and O–H groups in total. The standard InChI is InChI=1S/C13H16N2S/c1-11-3-2-4-12(7-11)8-14-6-5-13-9-16-10-15-13/h2-4,7,9-10,14H,5-6,8H2,1H3. The number of benzene rings is 1. The van der Waals surface area contributed by atoms with Gasteiger partial charge in [0, 0.05) is 24.9 Å². The second-order valence-corrected chi connectivity index (χ2v) is 4.61. The predicted molar refractivity (Wildman–Crippen MR) is 68.7 cm³/mol. The van der Waals surface area contributed by atoms with Crippen LogP contribution in [0.15, 0.2) is 35.2 Å². The van der Waals surface area contributed by atoms with Crippen LogP contribution >= 0.6 is 11.3 Å². The second-order valence-electron chi connectivity index (χ2n) is 3.90. The Morgan fingerprint density at radius 1 is 1.38 bits per heavy atom. The van der Waals surface area contributed by atoms with Gasteiger partial charge in [0.1, 0.15) is 0 Å². The minimum atomic E-state index is 0.936. The van der Waals surface area contributed by atoms with Gasteiger partial charge in [0.15, 0.2) is 0 Å². The normalized spacial score (nSPS) is 10.6. The van der Waals surface area contributed by atoms with E-state index in [4.69, 9.17) is 0 Å². The molecule has 0 saturated heterocycles. The highest BCUT2D eigenvalue weighted by atomic mass is 32.1. The molecule has 16 heavy (non-hydrogen) atoms. The van der Waals surface area contributed by atoms with E-state index in [1.54, 1.807) is 11.3 Å². The van der Waals surface area contributed by atoms with Crippen molar-refractivity contribution in [2.45, 2.75) is 19.9 Å². The Bertz CT molecular complexity index is 423. The number of rotatable bonds is 5. The minimum Gasteiger partial charge on any atom is -0.312 e. The van der Waals surface area contributed by atoms with Crippen molar-refractivity contribution < 1.29 is 0 Å².